The van der Waals surface area contributed by atoms with Crippen LogP contribution in [0, 0.1) is 10.1 Å². The number of fused-ring (bicyclic) bond motifs is 1. The van der Waals surface area contributed by atoms with Crippen molar-refractivity contribution in [2.24, 2.45) is 4.99 Å². The molecule has 0 aromatic heterocycles. The van der Waals surface area contributed by atoms with Crippen molar-refractivity contribution in [3.8, 4) is 0 Å². The molecule has 0 fully saturated rings. The molecule has 0 spiro atoms. The molecule has 0 bridgehead atoms. The number of nitrogens with zero attached hydrogens (tertiary/aromatic N) is 3. The van der Waals surface area contributed by atoms with Crippen molar-refractivity contribution in [3.05, 3.63) is 98.2 Å². The van der Waals surface area contributed by atoms with Crippen LogP contribution in [0.1, 0.15) is 37.4 Å². The lowest BCUT2D eigenvalue weighted by Crippen LogP contribution is -2.36. The second kappa shape index (κ2) is 9.40. The molecule has 1 atom stereocenters. The zero-order valence-electron chi connectivity index (χ0n) is 17.9. The van der Waals surface area contributed by atoms with Crippen molar-refractivity contribution in [2.45, 2.75) is 32.7 Å². The summed E-state index contributed by atoms with van der Waals surface area (Å²) in [6.45, 7) is 3.82. The molecule has 8 heteroatoms. The number of hydrogen-bond acceptors (Lipinski definition) is 7. The second-order valence-corrected chi connectivity index (χ2v) is 8.28. The maximum atomic E-state index is 12.9. The van der Waals surface area contributed by atoms with E-state index in [1.165, 1.54) is 29.5 Å². The highest BCUT2D eigenvalue weighted by Crippen LogP contribution is 2.45. The van der Waals surface area contributed by atoms with E-state index in [9.17, 15) is 14.9 Å². The van der Waals surface area contributed by atoms with E-state index in [0.29, 0.717) is 11.3 Å². The lowest BCUT2D eigenvalue weighted by molar-refractivity contribution is -0.384. The number of benzene rings is 2. The molecule has 0 saturated heterocycles. The highest BCUT2D eigenvalue weighted by atomic mass is 32.2. The van der Waals surface area contributed by atoms with Crippen LogP contribution in [0.3, 0.4) is 0 Å². The van der Waals surface area contributed by atoms with Crippen molar-refractivity contribution in [2.75, 3.05) is 6.61 Å². The zero-order valence-corrected chi connectivity index (χ0v) is 18.7. The Bertz CT molecular complexity index is 1120. The molecule has 2 aromatic rings. The fourth-order valence-corrected chi connectivity index (χ4v) is 4.90. The number of hydrogen-bond donors (Lipinski definition) is 0. The van der Waals surface area contributed by atoms with Gasteiger partial charge in [0.15, 0.2) is 5.17 Å². The molecule has 0 saturated carbocycles. The zero-order chi connectivity index (χ0) is 22.7. The predicted octanol–water partition coefficient (Wildman–Crippen LogP) is 5.37. The van der Waals surface area contributed by atoms with E-state index in [4.69, 9.17) is 4.74 Å². The number of ether oxygens (including phenoxy) is 1. The minimum absolute atomic E-state index is 0.00692. The van der Waals surface area contributed by atoms with E-state index >= 15 is 0 Å². The number of nitro benzene ring substituents is 1. The summed E-state index contributed by atoms with van der Waals surface area (Å²) in [6, 6.07) is 16.1. The van der Waals surface area contributed by atoms with E-state index in [1.807, 2.05) is 18.2 Å². The topological polar surface area (TPSA) is 85.0 Å². The van der Waals surface area contributed by atoms with Gasteiger partial charge in [0.2, 0.25) is 0 Å². The van der Waals surface area contributed by atoms with Crippen LogP contribution in [0.2, 0.25) is 0 Å². The van der Waals surface area contributed by atoms with Gasteiger partial charge < -0.3 is 9.64 Å². The molecule has 4 rings (SSSR count). The van der Waals surface area contributed by atoms with Crippen LogP contribution in [-0.4, -0.2) is 27.6 Å². The lowest BCUT2D eigenvalue weighted by atomic mass is 9.93. The molecule has 32 heavy (non-hydrogen) atoms. The van der Waals surface area contributed by atoms with E-state index in [-0.39, 0.29) is 12.3 Å². The van der Waals surface area contributed by atoms with Crippen LogP contribution in [0.15, 0.2) is 82.0 Å². The Balaban J connectivity index is 1.71. The average molecular weight is 450 g/mol. The normalized spacial score (nSPS) is 17.6. The summed E-state index contributed by atoms with van der Waals surface area (Å²) in [5.74, 6) is -0.421. The Morgan fingerprint density at radius 2 is 1.88 bits per heavy atom. The summed E-state index contributed by atoms with van der Waals surface area (Å²) in [6.07, 6.45) is 1.62. The van der Waals surface area contributed by atoms with Crippen LogP contribution >= 0.6 is 11.8 Å². The molecular formula is C24H23N3O4S. The number of carbonyl (C=O) groups excluding carboxylic acids is 1. The molecule has 0 radical (unpaired) electrons. The molecule has 2 heterocycles. The first-order valence-electron chi connectivity index (χ1n) is 10.4. The number of thioether (sulfide) groups is 1. The number of carbonyl (C=O) groups is 1. The minimum atomic E-state index is -0.459. The van der Waals surface area contributed by atoms with Crippen molar-refractivity contribution in [1.29, 1.82) is 0 Å². The van der Waals surface area contributed by atoms with Gasteiger partial charge in [0.05, 0.1) is 28.8 Å². The lowest BCUT2D eigenvalue weighted by Gasteiger charge is -2.36. The largest absolute Gasteiger partial charge is 0.463 e. The molecule has 164 valence electrons. The summed E-state index contributed by atoms with van der Waals surface area (Å²) < 4.78 is 5.35. The Labute approximate surface area is 190 Å². The molecule has 1 unspecified atom stereocenters. The first kappa shape index (κ1) is 21.8. The van der Waals surface area contributed by atoms with Crippen molar-refractivity contribution >= 4 is 28.6 Å². The summed E-state index contributed by atoms with van der Waals surface area (Å²) in [5, 5.41) is 14.0. The van der Waals surface area contributed by atoms with Gasteiger partial charge in [-0.1, -0.05) is 42.1 Å². The highest BCUT2D eigenvalue weighted by molar-refractivity contribution is 8.16. The Morgan fingerprint density at radius 1 is 1.16 bits per heavy atom. The molecule has 0 amide bonds. The third-order valence-corrected chi connectivity index (χ3v) is 6.32. The molecule has 0 N–H and O–H groups in total. The van der Waals surface area contributed by atoms with Crippen LogP contribution in [0.25, 0.3) is 0 Å². The summed E-state index contributed by atoms with van der Waals surface area (Å²) in [5.41, 5.74) is 4.12. The van der Waals surface area contributed by atoms with Gasteiger partial charge in [0.1, 0.15) is 0 Å². The van der Waals surface area contributed by atoms with Gasteiger partial charge in [-0.3, -0.25) is 10.1 Å². The predicted molar refractivity (Wildman–Crippen MR) is 125 cm³/mol. The van der Waals surface area contributed by atoms with E-state index in [2.05, 4.69) is 27.4 Å². The third-order valence-electron chi connectivity index (χ3n) is 5.43. The minimum Gasteiger partial charge on any atom is -0.463 e. The quantitative estimate of drug-likeness (QED) is 0.321. The van der Waals surface area contributed by atoms with Gasteiger partial charge in [-0.2, -0.15) is 0 Å². The monoisotopic (exact) mass is 449 g/mol. The summed E-state index contributed by atoms with van der Waals surface area (Å²) in [7, 11) is 0. The highest BCUT2D eigenvalue weighted by Gasteiger charge is 2.40. The van der Waals surface area contributed by atoms with Crippen LogP contribution in [-0.2, 0) is 16.0 Å². The molecule has 2 aromatic carbocycles. The smallest absolute Gasteiger partial charge is 0.338 e. The van der Waals surface area contributed by atoms with Gasteiger partial charge >= 0.3 is 5.97 Å². The van der Waals surface area contributed by atoms with E-state index in [1.54, 1.807) is 26.0 Å². The number of allylic oxidation sites excluding steroid dienone is 2. The SMILES string of the molecule is CCOC(=O)C1=C(C)N=C2SC=C(CCc3ccccc3)N2C1c1ccc([N+](=O)[O-])cc1. The van der Waals surface area contributed by atoms with Crippen molar-refractivity contribution in [3.63, 3.8) is 0 Å². The van der Waals surface area contributed by atoms with Gasteiger partial charge in [-0.05, 0) is 55.4 Å². The van der Waals surface area contributed by atoms with E-state index in [0.717, 1.165) is 29.3 Å². The average Bonchev–Trinajstić information content (AvgIpc) is 3.20. The fourth-order valence-electron chi connectivity index (χ4n) is 3.90. The Hall–Kier alpha value is -3.39. The number of non-ortho nitro benzene ring substituents is 1. The molecule has 2 aliphatic rings. The molecule has 2 aliphatic heterocycles. The number of aliphatic imine (C=N–C) groups is 1. The van der Waals surface area contributed by atoms with Gasteiger partial charge in [0, 0.05) is 17.8 Å². The van der Waals surface area contributed by atoms with Crippen LogP contribution < -0.4 is 0 Å². The number of rotatable bonds is 7. The number of aryl methyl sites for hydroxylation is 1. The molecule has 0 aliphatic carbocycles. The Kier molecular flexibility index (Phi) is 6.41. The van der Waals surface area contributed by atoms with Crippen molar-refractivity contribution in [1.82, 2.24) is 4.90 Å². The second-order valence-electron chi connectivity index (χ2n) is 7.45. The van der Waals surface area contributed by atoms with Gasteiger partial charge in [0.25, 0.3) is 5.69 Å². The van der Waals surface area contributed by atoms with Gasteiger partial charge in [-0.25, -0.2) is 9.79 Å². The van der Waals surface area contributed by atoms with Crippen molar-refractivity contribution < 1.29 is 14.5 Å². The molecular weight excluding hydrogens is 426 g/mol. The summed E-state index contributed by atoms with van der Waals surface area (Å²) in [4.78, 5) is 30.4. The third kappa shape index (κ3) is 4.31. The number of nitro groups is 1. The standard InChI is InChI=1S/C24H23N3O4S/c1-3-31-23(28)21-16(2)25-24-26(22(21)18-10-13-19(14-11-18)27(29)30)20(15-32-24)12-9-17-7-5-4-6-8-17/h4-8,10-11,13-15,22H,3,9,12H2,1-2H3. The molecule has 7 nitrogen and oxygen atoms in total. The first-order chi connectivity index (χ1) is 15.5. The van der Waals surface area contributed by atoms with Crippen LogP contribution in [0.4, 0.5) is 5.69 Å². The maximum Gasteiger partial charge on any atom is 0.338 e. The maximum absolute atomic E-state index is 12.9. The fraction of sp³-hybridized carbons (Fsp3) is 0.250. The number of amidine groups is 1. The Morgan fingerprint density at radius 3 is 2.53 bits per heavy atom. The van der Waals surface area contributed by atoms with Crippen LogP contribution in [0.5, 0.6) is 0 Å². The number of esters is 1. The first-order valence-corrected chi connectivity index (χ1v) is 11.3. The van der Waals surface area contributed by atoms with E-state index < -0.39 is 16.9 Å². The summed E-state index contributed by atoms with van der Waals surface area (Å²) >= 11 is 1.53. The van der Waals surface area contributed by atoms with Gasteiger partial charge in [-0.15, -0.1) is 0 Å².